The van der Waals surface area contributed by atoms with Crippen LogP contribution in [0.1, 0.15) is 22.1 Å². The first kappa shape index (κ1) is 3.65. The normalized spacial score (nSPS) is 18.1. The first-order valence-corrected chi connectivity index (χ1v) is 3.52. The molecule has 1 rings (SSSR count). The molecule has 0 radical (unpaired) electrons. The predicted octanol–water partition coefficient (Wildman–Crippen LogP) is 0.787. The molecule has 0 atom stereocenters. The molecule has 4 heteroatoms. The molecule has 0 aliphatic heterocycles. The van der Waals surface area contributed by atoms with E-state index in [1.54, 1.807) is 6.92 Å². The van der Waals surface area contributed by atoms with E-state index in [0.717, 1.165) is 0 Å². The van der Waals surface area contributed by atoms with Crippen molar-refractivity contribution in [1.82, 2.24) is 9.78 Å². The monoisotopic (exact) mass is 187 g/mol. The van der Waals surface area contributed by atoms with E-state index in [0.29, 0.717) is 0 Å². The molecule has 0 bridgehead atoms. The van der Waals surface area contributed by atoms with Gasteiger partial charge < -0.3 is 4.74 Å². The van der Waals surface area contributed by atoms with Gasteiger partial charge >= 0.3 is 0 Å². The minimum Gasteiger partial charge on any atom is -0.494 e. The largest absolute Gasteiger partial charge is 0.494 e. The molecule has 4 nitrogen and oxygen atoms in total. The van der Waals surface area contributed by atoms with Gasteiger partial charge in [-0.05, 0) is 6.92 Å². The number of nitrogens with zero attached hydrogens (tertiary/aromatic N) is 2. The number of aryl methyl sites for hydroxylation is 1. The van der Waals surface area contributed by atoms with E-state index >= 15 is 0 Å². The molecular formula is C9H12N2O2. The SMILES string of the molecule is [2H]C([2H])=C(OCC)c1c([2H])nn(C([2H])([2H])[2H])c(=O)c1[2H]. The van der Waals surface area contributed by atoms with Crippen LogP contribution in [0.2, 0.25) is 0 Å². The van der Waals surface area contributed by atoms with Crippen LogP contribution in [0.25, 0.3) is 5.76 Å². The quantitative estimate of drug-likeness (QED) is 0.657. The zero-order chi connectivity index (χ0) is 15.7. The van der Waals surface area contributed by atoms with E-state index in [9.17, 15) is 4.79 Å². The van der Waals surface area contributed by atoms with Gasteiger partial charge in [0.05, 0.1) is 18.3 Å². The molecule has 0 spiro atoms. The molecule has 0 aromatic carbocycles. The van der Waals surface area contributed by atoms with Gasteiger partial charge in [0.25, 0.3) is 5.56 Å². The zero-order valence-electron chi connectivity index (χ0n) is 13.9. The number of aromatic nitrogens is 2. The van der Waals surface area contributed by atoms with E-state index < -0.39 is 42.6 Å². The first-order valence-electron chi connectivity index (χ1n) is 7.02. The van der Waals surface area contributed by atoms with Gasteiger partial charge in [-0.2, -0.15) is 5.10 Å². The Hall–Kier alpha value is -1.58. The molecule has 0 fully saturated rings. The van der Waals surface area contributed by atoms with Crippen molar-refractivity contribution in [2.75, 3.05) is 6.61 Å². The average molecular weight is 187 g/mol. The fourth-order valence-corrected chi connectivity index (χ4v) is 0.657. The van der Waals surface area contributed by atoms with Gasteiger partial charge in [-0.15, -0.1) is 0 Å². The van der Waals surface area contributed by atoms with Gasteiger partial charge in [-0.3, -0.25) is 4.79 Å². The summed E-state index contributed by atoms with van der Waals surface area (Å²) < 4.78 is 56.0. The minimum absolute atomic E-state index is 0.0534. The second-order valence-corrected chi connectivity index (χ2v) is 2.09. The Morgan fingerprint density at radius 1 is 2.08 bits per heavy atom. The highest BCUT2D eigenvalue weighted by Gasteiger charge is 2.01. The van der Waals surface area contributed by atoms with E-state index in [1.807, 2.05) is 0 Å². The summed E-state index contributed by atoms with van der Waals surface area (Å²) in [5, 5.41) is 3.30. The molecule has 13 heavy (non-hydrogen) atoms. The topological polar surface area (TPSA) is 44.1 Å². The van der Waals surface area contributed by atoms with Crippen molar-refractivity contribution >= 4 is 5.76 Å². The number of hydrogen-bond acceptors (Lipinski definition) is 3. The highest BCUT2D eigenvalue weighted by Crippen LogP contribution is 2.08. The second-order valence-electron chi connectivity index (χ2n) is 2.09. The van der Waals surface area contributed by atoms with Gasteiger partial charge in [-0.25, -0.2) is 4.68 Å². The Bertz CT molecular complexity index is 602. The molecule has 1 heterocycles. The van der Waals surface area contributed by atoms with E-state index in [2.05, 4.69) is 5.10 Å². The lowest BCUT2D eigenvalue weighted by Crippen LogP contribution is -2.18. The van der Waals surface area contributed by atoms with Gasteiger partial charge in [0.1, 0.15) is 5.76 Å². The fourth-order valence-electron chi connectivity index (χ4n) is 0.657. The lowest BCUT2D eigenvalue weighted by Gasteiger charge is -2.05. The third kappa shape index (κ3) is 2.18. The van der Waals surface area contributed by atoms with E-state index in [4.69, 9.17) is 14.3 Å². The lowest BCUT2D eigenvalue weighted by molar-refractivity contribution is 0.299. The second kappa shape index (κ2) is 3.89. The molecule has 1 aromatic heterocycles. The molecule has 0 unspecified atom stereocenters. The Labute approximate surface area is 86.3 Å². The van der Waals surface area contributed by atoms with Crippen molar-refractivity contribution in [2.45, 2.75) is 6.92 Å². The standard InChI is InChI=1S/C9H12N2O2/c1-4-13-7(2)8-5-9(12)11(3)10-6-8/h5-6H,2,4H2,1,3H3/i2D2,3D3,5D,6D. The summed E-state index contributed by atoms with van der Waals surface area (Å²) in [5.74, 6) is -0.454. The molecule has 0 aliphatic carbocycles. The summed E-state index contributed by atoms with van der Waals surface area (Å²) in [6, 6.07) is -0.846. The fraction of sp³-hybridized carbons (Fsp3) is 0.333. The molecule has 0 amide bonds. The zero-order valence-corrected chi connectivity index (χ0v) is 6.92. The maximum Gasteiger partial charge on any atom is 0.267 e. The Morgan fingerprint density at radius 3 is 3.54 bits per heavy atom. The molecule has 0 saturated heterocycles. The summed E-state index contributed by atoms with van der Waals surface area (Å²) in [4.78, 5) is 11.8. The summed E-state index contributed by atoms with van der Waals surface area (Å²) in [7, 11) is 0. The predicted molar refractivity (Wildman–Crippen MR) is 50.1 cm³/mol. The van der Waals surface area contributed by atoms with E-state index in [1.165, 1.54) is 0 Å². The Morgan fingerprint density at radius 2 is 2.92 bits per heavy atom. The number of rotatable bonds is 3. The lowest BCUT2D eigenvalue weighted by atomic mass is 10.3. The Kier molecular flexibility index (Phi) is 1.09. The number of ether oxygens (including phenoxy) is 1. The van der Waals surface area contributed by atoms with Gasteiger partial charge in [0, 0.05) is 22.7 Å². The van der Waals surface area contributed by atoms with Crippen LogP contribution in [0.15, 0.2) is 23.5 Å². The van der Waals surface area contributed by atoms with Crippen LogP contribution >= 0.6 is 0 Å². The van der Waals surface area contributed by atoms with Crippen LogP contribution < -0.4 is 5.56 Å². The van der Waals surface area contributed by atoms with Crippen LogP contribution in [-0.4, -0.2) is 16.4 Å². The minimum atomic E-state index is -2.92. The molecular weight excluding hydrogens is 168 g/mol. The maximum absolute atomic E-state index is 11.8. The average Bonchev–Trinajstić information content (AvgIpc) is 2.31. The summed E-state index contributed by atoms with van der Waals surface area (Å²) in [5.41, 5.74) is -1.70. The van der Waals surface area contributed by atoms with Crippen molar-refractivity contribution in [3.63, 3.8) is 0 Å². The van der Waals surface area contributed by atoms with Crippen LogP contribution in [-0.2, 0) is 11.7 Å². The van der Waals surface area contributed by atoms with Crippen LogP contribution in [0.4, 0.5) is 0 Å². The first-order chi connectivity index (χ1) is 9.11. The smallest absolute Gasteiger partial charge is 0.267 e. The third-order valence-corrected chi connectivity index (χ3v) is 1.20. The summed E-state index contributed by atoms with van der Waals surface area (Å²) in [6.07, 6.45) is -0.717. The van der Waals surface area contributed by atoms with Crippen LogP contribution in [0, 0.1) is 0 Å². The summed E-state index contributed by atoms with van der Waals surface area (Å²) >= 11 is 0. The summed E-state index contributed by atoms with van der Waals surface area (Å²) in [6.45, 7) is -2.13. The van der Waals surface area contributed by atoms with Crippen LogP contribution in [0.5, 0.6) is 0 Å². The highest BCUT2D eigenvalue weighted by atomic mass is 16.5. The van der Waals surface area contributed by atoms with Crippen LogP contribution in [0.3, 0.4) is 0 Å². The van der Waals surface area contributed by atoms with Crippen molar-refractivity contribution in [3.8, 4) is 0 Å². The van der Waals surface area contributed by atoms with Gasteiger partial charge in [0.15, 0.2) is 0 Å². The molecule has 0 N–H and O–H groups in total. The van der Waals surface area contributed by atoms with E-state index in [-0.39, 0.29) is 11.3 Å². The highest BCUT2D eigenvalue weighted by molar-refractivity contribution is 5.55. The van der Waals surface area contributed by atoms with Crippen molar-refractivity contribution in [1.29, 1.82) is 0 Å². The van der Waals surface area contributed by atoms with Crippen molar-refractivity contribution < 1.29 is 14.3 Å². The van der Waals surface area contributed by atoms with Crippen molar-refractivity contribution in [3.05, 3.63) is 34.7 Å². The Balaban J connectivity index is 3.66. The maximum atomic E-state index is 11.8. The van der Waals surface area contributed by atoms with Gasteiger partial charge in [0.2, 0.25) is 0 Å². The van der Waals surface area contributed by atoms with Crippen molar-refractivity contribution in [2.24, 2.45) is 6.98 Å². The van der Waals surface area contributed by atoms with Gasteiger partial charge in [-0.1, -0.05) is 6.53 Å². The number of hydrogen-bond donors (Lipinski definition) is 0. The molecule has 0 saturated carbocycles. The third-order valence-electron chi connectivity index (χ3n) is 1.20. The molecule has 0 aliphatic rings. The molecule has 1 aromatic rings. The molecule has 70 valence electrons.